The summed E-state index contributed by atoms with van der Waals surface area (Å²) in [6, 6.07) is 6.20. The lowest BCUT2D eigenvalue weighted by molar-refractivity contribution is -0.291. The number of nitrogens with zero attached hydrogens (tertiary/aromatic N) is 1. The van der Waals surface area contributed by atoms with E-state index in [4.69, 9.17) is 4.74 Å². The molecule has 3 N–H and O–H groups in total. The van der Waals surface area contributed by atoms with Crippen LogP contribution in [-0.4, -0.2) is 52.3 Å². The van der Waals surface area contributed by atoms with Crippen LogP contribution in [0.25, 0.3) is 0 Å². The molecule has 2 unspecified atom stereocenters. The first-order valence-electron chi connectivity index (χ1n) is 11.2. The minimum Gasteiger partial charge on any atom is -0.349 e. The zero-order valence-electron chi connectivity index (χ0n) is 18.1. The van der Waals surface area contributed by atoms with Gasteiger partial charge in [-0.1, -0.05) is 38.1 Å². The molecule has 4 rings (SSSR count). The second-order valence-corrected chi connectivity index (χ2v) is 8.84. The maximum absolute atomic E-state index is 13.2. The van der Waals surface area contributed by atoms with Crippen LogP contribution < -0.4 is 10.6 Å². The van der Waals surface area contributed by atoms with Crippen molar-refractivity contribution in [2.24, 2.45) is 5.92 Å². The lowest BCUT2D eigenvalue weighted by Crippen LogP contribution is -2.66. The third kappa shape index (κ3) is 4.06. The second-order valence-electron chi connectivity index (χ2n) is 8.84. The predicted molar refractivity (Wildman–Crippen MR) is 112 cm³/mol. The molecule has 3 aliphatic rings. The molecule has 31 heavy (non-hydrogen) atoms. The van der Waals surface area contributed by atoms with Crippen LogP contribution in [0.2, 0.25) is 0 Å². The number of aliphatic hydroxyl groups is 1. The number of ether oxygens (including phenoxy) is 1. The smallest absolute Gasteiger partial charge is 0.252 e. The summed E-state index contributed by atoms with van der Waals surface area (Å²) in [4.78, 5) is 39.7. The van der Waals surface area contributed by atoms with Gasteiger partial charge in [-0.25, -0.2) is 0 Å². The van der Waals surface area contributed by atoms with Crippen molar-refractivity contribution in [3.05, 3.63) is 35.4 Å². The van der Waals surface area contributed by atoms with E-state index in [-0.39, 0.29) is 36.8 Å². The maximum Gasteiger partial charge on any atom is 0.252 e. The number of carbonyl (C=O) groups is 3. The molecule has 2 fully saturated rings. The van der Waals surface area contributed by atoms with Gasteiger partial charge in [-0.2, -0.15) is 0 Å². The molecule has 0 aromatic heterocycles. The zero-order chi connectivity index (χ0) is 22.2. The monoisotopic (exact) mass is 429 g/mol. The van der Waals surface area contributed by atoms with Crippen LogP contribution in [0.15, 0.2) is 24.3 Å². The number of hydrogen-bond donors (Lipinski definition) is 3. The number of carbonyl (C=O) groups excluding carboxylic acids is 3. The fourth-order valence-corrected chi connectivity index (χ4v) is 4.76. The average molecular weight is 430 g/mol. The number of amides is 3. The van der Waals surface area contributed by atoms with Crippen molar-refractivity contribution in [1.82, 2.24) is 15.5 Å². The highest BCUT2D eigenvalue weighted by molar-refractivity contribution is 5.94. The summed E-state index contributed by atoms with van der Waals surface area (Å²) in [5.74, 6) is -3.07. The molecule has 3 amide bonds. The van der Waals surface area contributed by atoms with E-state index in [0.29, 0.717) is 12.8 Å². The largest absolute Gasteiger partial charge is 0.349 e. The molecule has 0 radical (unpaired) electrons. The molecule has 0 saturated carbocycles. The topological polar surface area (TPSA) is 108 Å². The first-order valence-corrected chi connectivity index (χ1v) is 11.2. The van der Waals surface area contributed by atoms with Crippen molar-refractivity contribution in [3.63, 3.8) is 0 Å². The van der Waals surface area contributed by atoms with E-state index in [1.54, 1.807) is 6.92 Å². The molecule has 2 heterocycles. The van der Waals surface area contributed by atoms with E-state index in [0.717, 1.165) is 29.7 Å². The predicted octanol–water partition coefficient (Wildman–Crippen LogP) is 1.38. The quantitative estimate of drug-likeness (QED) is 0.655. The van der Waals surface area contributed by atoms with Gasteiger partial charge in [0.2, 0.25) is 11.8 Å². The van der Waals surface area contributed by atoms with Crippen LogP contribution in [0.1, 0.15) is 63.1 Å². The first kappa shape index (κ1) is 21.8. The summed E-state index contributed by atoms with van der Waals surface area (Å²) in [5, 5.41) is 16.7. The first-order chi connectivity index (χ1) is 14.8. The van der Waals surface area contributed by atoms with E-state index < -0.39 is 23.9 Å². The number of hydrogen-bond acceptors (Lipinski definition) is 5. The molecule has 2 saturated heterocycles. The van der Waals surface area contributed by atoms with E-state index in [1.165, 1.54) is 5.56 Å². The van der Waals surface area contributed by atoms with Gasteiger partial charge in [-0.3, -0.25) is 19.3 Å². The molecular formula is C23H31N3O5. The number of nitrogens with one attached hydrogen (secondary N) is 2. The molecular weight excluding hydrogens is 398 g/mol. The van der Waals surface area contributed by atoms with Crippen LogP contribution in [0.3, 0.4) is 0 Å². The Balaban J connectivity index is 1.49. The van der Waals surface area contributed by atoms with Gasteiger partial charge in [0.25, 0.3) is 11.8 Å². The van der Waals surface area contributed by atoms with E-state index in [1.807, 2.05) is 25.1 Å². The third-order valence-corrected chi connectivity index (χ3v) is 6.81. The van der Waals surface area contributed by atoms with Gasteiger partial charge in [-0.15, -0.1) is 0 Å². The van der Waals surface area contributed by atoms with Crippen LogP contribution in [-0.2, 0) is 25.5 Å². The van der Waals surface area contributed by atoms with Gasteiger partial charge in [0.1, 0.15) is 12.1 Å². The molecule has 2 aliphatic heterocycles. The zero-order valence-corrected chi connectivity index (χ0v) is 18.1. The van der Waals surface area contributed by atoms with Gasteiger partial charge in [0.15, 0.2) is 0 Å². The van der Waals surface area contributed by atoms with Gasteiger partial charge >= 0.3 is 0 Å². The molecule has 1 aromatic carbocycles. The highest BCUT2D eigenvalue weighted by Crippen LogP contribution is 2.37. The number of aryl methyl sites for hydroxylation is 1. The van der Waals surface area contributed by atoms with Crippen LogP contribution in [0, 0.1) is 5.92 Å². The summed E-state index contributed by atoms with van der Waals surface area (Å²) >= 11 is 0. The molecule has 0 spiro atoms. The highest BCUT2D eigenvalue weighted by atomic mass is 16.7. The normalized spacial score (nSPS) is 30.9. The summed E-state index contributed by atoms with van der Waals surface area (Å²) in [7, 11) is 0. The lowest BCUT2D eigenvalue weighted by Gasteiger charge is -2.43. The molecule has 0 bridgehead atoms. The Morgan fingerprint density at radius 2 is 2.03 bits per heavy atom. The summed E-state index contributed by atoms with van der Waals surface area (Å²) < 4.78 is 5.58. The Kier molecular flexibility index (Phi) is 6.03. The van der Waals surface area contributed by atoms with E-state index >= 15 is 0 Å². The SMILES string of the molecule is CC[C@@H](C)C(=O)N[C@H]1CO[C@@]2(O)CCC(C(=O)NC3CCCc4ccccc43)N2C1=O. The van der Waals surface area contributed by atoms with E-state index in [9.17, 15) is 19.5 Å². The second kappa shape index (κ2) is 8.59. The Hall–Kier alpha value is -2.45. The number of fused-ring (bicyclic) bond motifs is 2. The highest BCUT2D eigenvalue weighted by Gasteiger charge is 2.56. The van der Waals surface area contributed by atoms with Crippen molar-refractivity contribution in [2.75, 3.05) is 6.61 Å². The van der Waals surface area contributed by atoms with Gasteiger partial charge in [0, 0.05) is 12.3 Å². The Bertz CT molecular complexity index is 875. The molecule has 1 aromatic rings. The Morgan fingerprint density at radius 1 is 1.26 bits per heavy atom. The Morgan fingerprint density at radius 3 is 2.81 bits per heavy atom. The molecule has 5 atom stereocenters. The third-order valence-electron chi connectivity index (χ3n) is 6.81. The molecule has 1 aliphatic carbocycles. The number of benzene rings is 1. The standard InChI is InChI=1S/C23H31N3O5/c1-3-14(2)20(27)25-18-13-31-23(30)12-11-19(26(23)22(18)29)21(28)24-17-10-6-8-15-7-4-5-9-16(15)17/h4-5,7,9,14,17-19,30H,3,6,8,10-13H2,1-2H3,(H,24,28)(H,25,27)/t14-,17?,18+,19?,23+/m1/s1. The van der Waals surface area contributed by atoms with Crippen molar-refractivity contribution in [1.29, 1.82) is 0 Å². The summed E-state index contributed by atoms with van der Waals surface area (Å²) in [5.41, 5.74) is 2.34. The van der Waals surface area contributed by atoms with Gasteiger partial charge in [-0.05, 0) is 43.2 Å². The maximum atomic E-state index is 13.2. The fourth-order valence-electron chi connectivity index (χ4n) is 4.76. The van der Waals surface area contributed by atoms with E-state index in [2.05, 4.69) is 16.7 Å². The number of rotatable bonds is 5. The van der Waals surface area contributed by atoms with Crippen LogP contribution in [0.5, 0.6) is 0 Å². The molecule has 168 valence electrons. The fraction of sp³-hybridized carbons (Fsp3) is 0.609. The Labute approximate surface area is 182 Å². The lowest BCUT2D eigenvalue weighted by atomic mass is 9.87. The van der Waals surface area contributed by atoms with Crippen LogP contribution >= 0.6 is 0 Å². The van der Waals surface area contributed by atoms with Crippen molar-refractivity contribution < 1.29 is 24.2 Å². The van der Waals surface area contributed by atoms with Crippen molar-refractivity contribution >= 4 is 17.7 Å². The average Bonchev–Trinajstić information content (AvgIpc) is 3.13. The minimum absolute atomic E-state index is 0.113. The van der Waals surface area contributed by atoms with Crippen LogP contribution in [0.4, 0.5) is 0 Å². The van der Waals surface area contributed by atoms with Crippen molar-refractivity contribution in [2.45, 2.75) is 76.4 Å². The summed E-state index contributed by atoms with van der Waals surface area (Å²) in [6.45, 7) is 3.57. The molecule has 8 heteroatoms. The summed E-state index contributed by atoms with van der Waals surface area (Å²) in [6.07, 6.45) is 3.90. The van der Waals surface area contributed by atoms with Crippen molar-refractivity contribution in [3.8, 4) is 0 Å². The van der Waals surface area contributed by atoms with Gasteiger partial charge in [0.05, 0.1) is 12.6 Å². The minimum atomic E-state index is -1.80. The van der Waals surface area contributed by atoms with Gasteiger partial charge < -0.3 is 20.5 Å². The molecule has 8 nitrogen and oxygen atoms in total.